The lowest BCUT2D eigenvalue weighted by Crippen LogP contribution is -2.37. The molecule has 1 fully saturated rings. The number of likely N-dealkylation sites (tertiary alicyclic amines) is 1. The molecule has 3 heteroatoms. The molecule has 0 radical (unpaired) electrons. The monoisotopic (exact) mass is 249 g/mol. The number of aliphatic hydroxyl groups excluding tert-OH is 1. The Hall–Kier alpha value is -0.510. The molecular formula is C14H19NOS. The molecule has 0 bridgehead atoms. The van der Waals surface area contributed by atoms with Crippen molar-refractivity contribution >= 4 is 11.8 Å². The van der Waals surface area contributed by atoms with Crippen LogP contribution in [0.3, 0.4) is 0 Å². The summed E-state index contributed by atoms with van der Waals surface area (Å²) in [7, 11) is 0. The fourth-order valence-corrected chi connectivity index (χ4v) is 4.31. The first-order valence-electron chi connectivity index (χ1n) is 6.46. The number of benzene rings is 1. The second-order valence-electron chi connectivity index (χ2n) is 5.03. The molecule has 0 saturated carbocycles. The van der Waals surface area contributed by atoms with Crippen LogP contribution in [0.25, 0.3) is 0 Å². The van der Waals surface area contributed by atoms with Crippen LogP contribution in [0.2, 0.25) is 0 Å². The molecule has 17 heavy (non-hydrogen) atoms. The first-order chi connectivity index (χ1) is 8.36. The van der Waals surface area contributed by atoms with Crippen molar-refractivity contribution in [2.24, 2.45) is 0 Å². The van der Waals surface area contributed by atoms with Crippen LogP contribution in [0.1, 0.15) is 18.4 Å². The number of nitrogens with zero attached hydrogens (tertiary/aromatic N) is 1. The van der Waals surface area contributed by atoms with Gasteiger partial charge in [-0.15, -0.1) is 11.8 Å². The van der Waals surface area contributed by atoms with Crippen LogP contribution >= 0.6 is 11.8 Å². The molecule has 1 N–H and O–H groups in total. The number of hydrogen-bond donors (Lipinski definition) is 1. The predicted molar refractivity (Wildman–Crippen MR) is 71.5 cm³/mol. The lowest BCUT2D eigenvalue weighted by molar-refractivity contribution is 0.159. The van der Waals surface area contributed by atoms with E-state index in [-0.39, 0.29) is 0 Å². The van der Waals surface area contributed by atoms with Gasteiger partial charge in [0, 0.05) is 22.7 Å². The maximum atomic E-state index is 9.34. The smallest absolute Gasteiger partial charge is 0.0586 e. The first kappa shape index (κ1) is 11.6. The van der Waals surface area contributed by atoms with Crippen LogP contribution in [0, 0.1) is 0 Å². The molecule has 1 unspecified atom stereocenters. The van der Waals surface area contributed by atoms with Gasteiger partial charge in [0.05, 0.1) is 6.61 Å². The molecule has 1 saturated heterocycles. The molecular weight excluding hydrogens is 230 g/mol. The summed E-state index contributed by atoms with van der Waals surface area (Å²) in [5.74, 6) is 0. The van der Waals surface area contributed by atoms with Crippen LogP contribution in [0.5, 0.6) is 0 Å². The number of hydrogen-bond acceptors (Lipinski definition) is 3. The molecule has 2 nitrogen and oxygen atoms in total. The van der Waals surface area contributed by atoms with Crippen molar-refractivity contribution in [3.05, 3.63) is 29.8 Å². The van der Waals surface area contributed by atoms with Gasteiger partial charge in [-0.05, 0) is 37.4 Å². The number of aliphatic hydroxyl groups is 1. The van der Waals surface area contributed by atoms with Gasteiger partial charge in [-0.25, -0.2) is 0 Å². The lowest BCUT2D eigenvalue weighted by atomic mass is 10.1. The van der Waals surface area contributed by atoms with E-state index in [0.717, 1.165) is 6.54 Å². The molecule has 3 rings (SSSR count). The van der Waals surface area contributed by atoms with Crippen LogP contribution in [-0.4, -0.2) is 41.0 Å². The van der Waals surface area contributed by atoms with E-state index in [4.69, 9.17) is 0 Å². The normalized spacial score (nSPS) is 28.5. The largest absolute Gasteiger partial charge is 0.395 e. The van der Waals surface area contributed by atoms with Gasteiger partial charge in [0.15, 0.2) is 0 Å². The van der Waals surface area contributed by atoms with Crippen molar-refractivity contribution in [2.45, 2.75) is 35.4 Å². The Balaban J connectivity index is 1.62. The van der Waals surface area contributed by atoms with Gasteiger partial charge in [-0.2, -0.15) is 0 Å². The van der Waals surface area contributed by atoms with Crippen molar-refractivity contribution in [1.82, 2.24) is 4.90 Å². The molecule has 2 aliphatic heterocycles. The van der Waals surface area contributed by atoms with Crippen LogP contribution in [0.4, 0.5) is 0 Å². The SMILES string of the molecule is OC[C@@H]1CCCN1CC1Cc2ccccc2S1. The second kappa shape index (κ2) is 5.01. The summed E-state index contributed by atoms with van der Waals surface area (Å²) in [6, 6.07) is 9.15. The summed E-state index contributed by atoms with van der Waals surface area (Å²) in [5, 5.41) is 10.0. The van der Waals surface area contributed by atoms with E-state index in [1.54, 1.807) is 0 Å². The highest BCUT2D eigenvalue weighted by Gasteiger charge is 2.29. The quantitative estimate of drug-likeness (QED) is 0.888. The molecule has 2 heterocycles. The third kappa shape index (κ3) is 2.37. The summed E-state index contributed by atoms with van der Waals surface area (Å²) in [4.78, 5) is 3.93. The van der Waals surface area contributed by atoms with Crippen molar-refractivity contribution in [2.75, 3.05) is 19.7 Å². The maximum Gasteiger partial charge on any atom is 0.0586 e. The van der Waals surface area contributed by atoms with E-state index in [1.807, 2.05) is 11.8 Å². The van der Waals surface area contributed by atoms with Gasteiger partial charge in [0.2, 0.25) is 0 Å². The highest BCUT2D eigenvalue weighted by atomic mass is 32.2. The third-order valence-electron chi connectivity index (χ3n) is 3.86. The Morgan fingerprint density at radius 2 is 2.24 bits per heavy atom. The lowest BCUT2D eigenvalue weighted by Gasteiger charge is -2.25. The molecule has 1 aromatic carbocycles. The third-order valence-corrected chi connectivity index (χ3v) is 5.16. The van der Waals surface area contributed by atoms with E-state index >= 15 is 0 Å². The van der Waals surface area contributed by atoms with Crippen molar-refractivity contribution < 1.29 is 5.11 Å². The van der Waals surface area contributed by atoms with E-state index in [1.165, 1.54) is 36.3 Å². The Kier molecular flexibility index (Phi) is 3.41. The van der Waals surface area contributed by atoms with Crippen LogP contribution < -0.4 is 0 Å². The zero-order valence-corrected chi connectivity index (χ0v) is 10.8. The van der Waals surface area contributed by atoms with E-state index in [2.05, 4.69) is 29.2 Å². The maximum absolute atomic E-state index is 9.34. The zero-order valence-electron chi connectivity index (χ0n) is 10.0. The predicted octanol–water partition coefficient (Wildman–Crippen LogP) is 2.16. The minimum absolute atomic E-state index is 0.324. The fraction of sp³-hybridized carbons (Fsp3) is 0.571. The van der Waals surface area contributed by atoms with Crippen molar-refractivity contribution in [1.29, 1.82) is 0 Å². The van der Waals surface area contributed by atoms with Gasteiger partial charge < -0.3 is 5.11 Å². The van der Waals surface area contributed by atoms with E-state index in [0.29, 0.717) is 17.9 Å². The summed E-state index contributed by atoms with van der Waals surface area (Å²) >= 11 is 2.01. The molecule has 2 aliphatic rings. The Bertz CT molecular complexity index is 371. The molecule has 2 atom stereocenters. The molecule has 0 amide bonds. The average Bonchev–Trinajstić information content (AvgIpc) is 2.94. The minimum Gasteiger partial charge on any atom is -0.395 e. The van der Waals surface area contributed by atoms with Gasteiger partial charge in [0.1, 0.15) is 0 Å². The van der Waals surface area contributed by atoms with Crippen molar-refractivity contribution in [3.8, 4) is 0 Å². The van der Waals surface area contributed by atoms with E-state index < -0.39 is 0 Å². The summed E-state index contributed by atoms with van der Waals surface area (Å²) < 4.78 is 0. The summed E-state index contributed by atoms with van der Waals surface area (Å²) in [6.45, 7) is 2.62. The number of fused-ring (bicyclic) bond motifs is 1. The molecule has 1 aromatic rings. The Morgan fingerprint density at radius 3 is 3.06 bits per heavy atom. The van der Waals surface area contributed by atoms with Crippen LogP contribution in [-0.2, 0) is 6.42 Å². The van der Waals surface area contributed by atoms with Crippen LogP contribution in [0.15, 0.2) is 29.2 Å². The first-order valence-corrected chi connectivity index (χ1v) is 7.34. The van der Waals surface area contributed by atoms with Gasteiger partial charge in [0.25, 0.3) is 0 Å². The zero-order chi connectivity index (χ0) is 11.7. The molecule has 92 valence electrons. The topological polar surface area (TPSA) is 23.5 Å². The Morgan fingerprint density at radius 1 is 1.35 bits per heavy atom. The number of thioether (sulfide) groups is 1. The Labute approximate surface area is 107 Å². The van der Waals surface area contributed by atoms with E-state index in [9.17, 15) is 5.11 Å². The highest BCUT2D eigenvalue weighted by Crippen LogP contribution is 2.37. The van der Waals surface area contributed by atoms with Gasteiger partial charge >= 0.3 is 0 Å². The average molecular weight is 249 g/mol. The summed E-state index contributed by atoms with van der Waals surface area (Å²) in [6.07, 6.45) is 3.60. The molecule has 0 spiro atoms. The standard InChI is InChI=1S/C14H19NOS/c16-10-12-5-3-7-15(12)9-13-8-11-4-1-2-6-14(11)17-13/h1-2,4,6,12-13,16H,3,5,7-10H2/t12-,13?/m0/s1. The van der Waals surface area contributed by atoms with Gasteiger partial charge in [-0.1, -0.05) is 18.2 Å². The fourth-order valence-electron chi connectivity index (χ4n) is 2.96. The second-order valence-corrected chi connectivity index (χ2v) is 6.37. The molecule has 0 aliphatic carbocycles. The van der Waals surface area contributed by atoms with Gasteiger partial charge in [-0.3, -0.25) is 4.90 Å². The molecule has 0 aromatic heterocycles. The number of rotatable bonds is 3. The van der Waals surface area contributed by atoms with Crippen molar-refractivity contribution in [3.63, 3.8) is 0 Å². The minimum atomic E-state index is 0.324. The highest BCUT2D eigenvalue weighted by molar-refractivity contribution is 8.00. The summed E-state index contributed by atoms with van der Waals surface area (Å²) in [5.41, 5.74) is 1.50.